The van der Waals surface area contributed by atoms with E-state index in [0.717, 1.165) is 53.0 Å². The summed E-state index contributed by atoms with van der Waals surface area (Å²) in [5, 5.41) is 21.5. The van der Waals surface area contributed by atoms with Crippen LogP contribution >= 0.6 is 0 Å². The van der Waals surface area contributed by atoms with Crippen LogP contribution < -0.4 is 5.32 Å². The molecule has 0 saturated carbocycles. The maximum Gasteiger partial charge on any atom is 0.303 e. The first-order valence-corrected chi connectivity index (χ1v) is 20.7. The molecular formula is C46H66N2O6. The lowest BCUT2D eigenvalue weighted by Crippen LogP contribution is -2.45. The van der Waals surface area contributed by atoms with Gasteiger partial charge in [0.1, 0.15) is 0 Å². The van der Waals surface area contributed by atoms with E-state index in [1.807, 2.05) is 36.4 Å². The third-order valence-corrected chi connectivity index (χ3v) is 10.8. The van der Waals surface area contributed by atoms with Gasteiger partial charge in [0.15, 0.2) is 6.29 Å². The lowest BCUT2D eigenvalue weighted by molar-refractivity contribution is -0.276. The SMILES string of the molecule is CCCCCCCCN(CCCCCCCC)C[C@H]1O[C@@H](c2ccc(-c3ccccc3CNC(=O)CCC(=O)O)cc2)O[C@@H](c2ccc(CO)cc2)[C@H]1C. The molecule has 3 N–H and O–H groups in total. The molecule has 296 valence electrons. The van der Waals surface area contributed by atoms with E-state index in [2.05, 4.69) is 67.4 Å². The molecule has 1 fully saturated rings. The zero-order valence-electron chi connectivity index (χ0n) is 33.1. The van der Waals surface area contributed by atoms with Crippen LogP contribution in [0.15, 0.2) is 72.8 Å². The van der Waals surface area contributed by atoms with Gasteiger partial charge in [-0.05, 0) is 53.7 Å². The van der Waals surface area contributed by atoms with Crippen molar-refractivity contribution in [2.24, 2.45) is 5.92 Å². The number of rotatable bonds is 25. The van der Waals surface area contributed by atoms with Gasteiger partial charge in [0, 0.05) is 31.0 Å². The summed E-state index contributed by atoms with van der Waals surface area (Å²) in [6, 6.07) is 24.4. The molecule has 8 heteroatoms. The van der Waals surface area contributed by atoms with Crippen molar-refractivity contribution in [3.05, 3.63) is 95.1 Å². The lowest BCUT2D eigenvalue weighted by atomic mass is 9.89. The summed E-state index contributed by atoms with van der Waals surface area (Å²) in [6.45, 7) is 10.1. The fraction of sp³-hybridized carbons (Fsp3) is 0.565. The molecule has 1 aliphatic heterocycles. The number of carboxylic acid groups (broad SMARTS) is 1. The predicted molar refractivity (Wildman–Crippen MR) is 217 cm³/mol. The van der Waals surface area contributed by atoms with Gasteiger partial charge in [0.2, 0.25) is 5.91 Å². The average molecular weight is 743 g/mol. The Balaban J connectivity index is 1.52. The Bertz CT molecular complexity index is 1490. The molecule has 3 aromatic rings. The Hall–Kier alpha value is -3.56. The van der Waals surface area contributed by atoms with Gasteiger partial charge in [-0.25, -0.2) is 0 Å². The summed E-state index contributed by atoms with van der Waals surface area (Å²) in [6.07, 6.45) is 14.4. The predicted octanol–water partition coefficient (Wildman–Crippen LogP) is 10.1. The number of carbonyl (C=O) groups excluding carboxylic acids is 1. The molecule has 1 saturated heterocycles. The monoisotopic (exact) mass is 742 g/mol. The topological polar surface area (TPSA) is 108 Å². The second-order valence-corrected chi connectivity index (χ2v) is 15.1. The van der Waals surface area contributed by atoms with Crippen molar-refractivity contribution in [2.45, 2.75) is 142 Å². The summed E-state index contributed by atoms with van der Waals surface area (Å²) < 4.78 is 13.7. The number of unbranched alkanes of at least 4 members (excludes halogenated alkanes) is 10. The van der Waals surface area contributed by atoms with Crippen molar-refractivity contribution >= 4 is 11.9 Å². The molecule has 0 spiro atoms. The Morgan fingerprint density at radius 1 is 0.722 bits per heavy atom. The van der Waals surface area contributed by atoms with Crippen molar-refractivity contribution in [3.63, 3.8) is 0 Å². The first-order valence-electron chi connectivity index (χ1n) is 20.7. The minimum Gasteiger partial charge on any atom is -0.481 e. The highest BCUT2D eigenvalue weighted by Crippen LogP contribution is 2.42. The maximum absolute atomic E-state index is 12.2. The van der Waals surface area contributed by atoms with Crippen molar-refractivity contribution in [1.82, 2.24) is 10.2 Å². The number of nitrogens with zero attached hydrogens (tertiary/aromatic N) is 1. The van der Waals surface area contributed by atoms with Crippen LogP contribution in [-0.4, -0.2) is 52.7 Å². The minimum absolute atomic E-state index is 0.00807. The lowest BCUT2D eigenvalue weighted by Gasteiger charge is -2.43. The molecule has 0 aliphatic carbocycles. The average Bonchev–Trinajstić information content (AvgIpc) is 3.19. The maximum atomic E-state index is 12.2. The number of benzene rings is 3. The number of amides is 1. The molecule has 1 heterocycles. The summed E-state index contributed by atoms with van der Waals surface area (Å²) >= 11 is 0. The van der Waals surface area contributed by atoms with Crippen LogP contribution in [0, 0.1) is 5.92 Å². The second-order valence-electron chi connectivity index (χ2n) is 15.1. The third-order valence-electron chi connectivity index (χ3n) is 10.8. The molecule has 0 radical (unpaired) electrons. The molecule has 54 heavy (non-hydrogen) atoms. The molecular weight excluding hydrogens is 677 g/mol. The normalized spacial score (nSPS) is 18.5. The van der Waals surface area contributed by atoms with E-state index in [-0.39, 0.29) is 43.5 Å². The highest BCUT2D eigenvalue weighted by molar-refractivity contribution is 5.80. The van der Waals surface area contributed by atoms with Gasteiger partial charge in [-0.2, -0.15) is 0 Å². The van der Waals surface area contributed by atoms with Gasteiger partial charge in [-0.3, -0.25) is 9.59 Å². The van der Waals surface area contributed by atoms with Crippen LogP contribution in [0.5, 0.6) is 0 Å². The molecule has 1 aliphatic rings. The molecule has 4 atom stereocenters. The summed E-state index contributed by atoms with van der Waals surface area (Å²) in [7, 11) is 0. The smallest absolute Gasteiger partial charge is 0.303 e. The molecule has 0 unspecified atom stereocenters. The van der Waals surface area contributed by atoms with Gasteiger partial charge in [0.05, 0.1) is 25.2 Å². The standard InChI is InChI=1S/C46H66N2O6/c1-4-6-8-10-12-16-30-48(31-17-13-11-9-7-5-2)33-42-35(3)45(38-22-20-36(34-49)21-23-38)54-46(53-42)39-26-24-37(25-27-39)41-19-15-14-18-40(41)32-47-43(50)28-29-44(51)52/h14-15,18-27,35,42,45-46,49H,4-13,16-17,28-34H2,1-3H3,(H,47,50)(H,51,52)/t35-,42+,45+,46+/m0/s1. The number of carboxylic acids is 1. The molecule has 8 nitrogen and oxygen atoms in total. The van der Waals surface area contributed by atoms with Crippen molar-refractivity contribution < 1.29 is 29.3 Å². The van der Waals surface area contributed by atoms with Gasteiger partial charge in [0.25, 0.3) is 0 Å². The second kappa shape index (κ2) is 24.1. The molecule has 4 rings (SSSR count). The number of aliphatic hydroxyl groups excluding tert-OH is 1. The number of aliphatic carboxylic acids is 1. The molecule has 3 aromatic carbocycles. The number of aliphatic hydroxyl groups is 1. The van der Waals surface area contributed by atoms with Crippen LogP contribution in [0.4, 0.5) is 0 Å². The number of hydrogen-bond acceptors (Lipinski definition) is 6. The third kappa shape index (κ3) is 14.3. The Labute approximate surface area is 324 Å². The van der Waals surface area contributed by atoms with E-state index >= 15 is 0 Å². The van der Waals surface area contributed by atoms with Crippen LogP contribution in [0.1, 0.15) is 145 Å². The quantitative estimate of drug-likeness (QED) is 0.0742. The zero-order chi connectivity index (χ0) is 38.5. The van der Waals surface area contributed by atoms with Crippen molar-refractivity contribution in [2.75, 3.05) is 19.6 Å². The van der Waals surface area contributed by atoms with Crippen LogP contribution in [-0.2, 0) is 32.2 Å². The van der Waals surface area contributed by atoms with E-state index in [4.69, 9.17) is 14.6 Å². The summed E-state index contributed by atoms with van der Waals surface area (Å²) in [5.74, 6) is -1.15. The van der Waals surface area contributed by atoms with Gasteiger partial charge < -0.3 is 29.9 Å². The number of carbonyl (C=O) groups is 2. The molecule has 0 aromatic heterocycles. The number of ether oxygens (including phenoxy) is 2. The first kappa shape index (κ1) is 43.2. The van der Waals surface area contributed by atoms with Crippen molar-refractivity contribution in [3.8, 4) is 11.1 Å². The van der Waals surface area contributed by atoms with Gasteiger partial charge in [-0.15, -0.1) is 0 Å². The number of hydrogen-bond donors (Lipinski definition) is 3. The van der Waals surface area contributed by atoms with E-state index < -0.39 is 12.3 Å². The van der Waals surface area contributed by atoms with Crippen LogP contribution in [0.3, 0.4) is 0 Å². The highest BCUT2D eigenvalue weighted by atomic mass is 16.7. The van der Waals surface area contributed by atoms with Crippen LogP contribution in [0.25, 0.3) is 11.1 Å². The summed E-state index contributed by atoms with van der Waals surface area (Å²) in [4.78, 5) is 25.8. The number of nitrogens with one attached hydrogen (secondary N) is 1. The fourth-order valence-corrected chi connectivity index (χ4v) is 7.39. The fourth-order valence-electron chi connectivity index (χ4n) is 7.39. The van der Waals surface area contributed by atoms with E-state index in [1.165, 1.54) is 77.0 Å². The van der Waals surface area contributed by atoms with Gasteiger partial charge in [-0.1, -0.05) is 158 Å². The van der Waals surface area contributed by atoms with Crippen molar-refractivity contribution in [1.29, 1.82) is 0 Å². The zero-order valence-corrected chi connectivity index (χ0v) is 33.1. The summed E-state index contributed by atoms with van der Waals surface area (Å²) in [5.41, 5.74) is 5.89. The largest absolute Gasteiger partial charge is 0.481 e. The Morgan fingerprint density at radius 3 is 1.93 bits per heavy atom. The molecule has 1 amide bonds. The van der Waals surface area contributed by atoms with E-state index in [9.17, 15) is 14.7 Å². The first-order chi connectivity index (χ1) is 26.3. The Morgan fingerprint density at radius 2 is 1.31 bits per heavy atom. The van der Waals surface area contributed by atoms with Gasteiger partial charge >= 0.3 is 5.97 Å². The van der Waals surface area contributed by atoms with Crippen LogP contribution in [0.2, 0.25) is 0 Å². The molecule has 0 bridgehead atoms. The van der Waals surface area contributed by atoms with E-state index in [0.29, 0.717) is 6.54 Å². The highest BCUT2D eigenvalue weighted by Gasteiger charge is 2.39. The minimum atomic E-state index is -0.984. The Kier molecular flexibility index (Phi) is 19.2. The van der Waals surface area contributed by atoms with E-state index in [1.54, 1.807) is 0 Å².